The van der Waals surface area contributed by atoms with E-state index in [0.717, 1.165) is 0 Å². The van der Waals surface area contributed by atoms with Gasteiger partial charge in [0.2, 0.25) is 0 Å². The van der Waals surface area contributed by atoms with Gasteiger partial charge in [0, 0.05) is 5.02 Å². The van der Waals surface area contributed by atoms with Crippen LogP contribution >= 0.6 is 34.8 Å². The largest absolute Gasteiger partial charge is 0.340 e. The van der Waals surface area contributed by atoms with Crippen LogP contribution in [0.15, 0.2) is 42.5 Å². The van der Waals surface area contributed by atoms with Crippen molar-refractivity contribution in [1.29, 1.82) is 0 Å². The van der Waals surface area contributed by atoms with Crippen LogP contribution in [0.2, 0.25) is 15.1 Å². The average molecular weight is 443 g/mol. The van der Waals surface area contributed by atoms with E-state index in [-0.39, 0.29) is 27.1 Å². The third-order valence-corrected chi connectivity index (χ3v) is 4.72. The second kappa shape index (κ2) is 9.78. The van der Waals surface area contributed by atoms with E-state index < -0.39 is 23.8 Å². The molecule has 148 valence electrons. The van der Waals surface area contributed by atoms with E-state index in [1.807, 2.05) is 0 Å². The monoisotopic (exact) mass is 441 g/mol. The summed E-state index contributed by atoms with van der Waals surface area (Å²) < 4.78 is 0. The molecule has 28 heavy (non-hydrogen) atoms. The Morgan fingerprint density at radius 2 is 1.46 bits per heavy atom. The molecule has 1 unspecified atom stereocenters. The molecule has 2 rings (SSSR count). The highest BCUT2D eigenvalue weighted by Gasteiger charge is 2.26. The number of amides is 3. The van der Waals surface area contributed by atoms with Gasteiger partial charge in [-0.3, -0.25) is 25.2 Å². The predicted molar refractivity (Wildman–Crippen MR) is 110 cm³/mol. The van der Waals surface area contributed by atoms with Gasteiger partial charge in [0.05, 0.1) is 21.2 Å². The van der Waals surface area contributed by atoms with Gasteiger partial charge in [-0.25, -0.2) is 0 Å². The van der Waals surface area contributed by atoms with Gasteiger partial charge in [-0.2, -0.15) is 0 Å². The van der Waals surface area contributed by atoms with Crippen LogP contribution in [0, 0.1) is 5.92 Å². The quantitative estimate of drug-likeness (QED) is 0.614. The van der Waals surface area contributed by atoms with Crippen molar-refractivity contribution in [3.63, 3.8) is 0 Å². The van der Waals surface area contributed by atoms with Crippen LogP contribution in [0.4, 0.5) is 0 Å². The molecule has 2 aromatic rings. The summed E-state index contributed by atoms with van der Waals surface area (Å²) in [5.74, 6) is -1.98. The minimum absolute atomic E-state index is 0.107. The van der Waals surface area contributed by atoms with E-state index >= 15 is 0 Å². The van der Waals surface area contributed by atoms with E-state index in [4.69, 9.17) is 34.8 Å². The SMILES string of the molecule is CC(C)C(NC(=O)c1ccccc1Cl)C(=O)NNC(=O)c1cc(Cl)ccc1Cl. The smallest absolute Gasteiger partial charge is 0.271 e. The van der Waals surface area contributed by atoms with Gasteiger partial charge in [0.1, 0.15) is 6.04 Å². The van der Waals surface area contributed by atoms with Crippen molar-refractivity contribution < 1.29 is 14.4 Å². The Morgan fingerprint density at radius 1 is 0.821 bits per heavy atom. The number of halogens is 3. The molecule has 0 spiro atoms. The molecule has 0 radical (unpaired) electrons. The fourth-order valence-electron chi connectivity index (χ4n) is 2.33. The lowest BCUT2D eigenvalue weighted by atomic mass is 10.0. The van der Waals surface area contributed by atoms with E-state index in [1.165, 1.54) is 18.2 Å². The first-order valence-electron chi connectivity index (χ1n) is 8.31. The molecule has 0 aliphatic rings. The zero-order chi connectivity index (χ0) is 20.8. The number of carbonyl (C=O) groups excluding carboxylic acids is 3. The number of hydrogen-bond acceptors (Lipinski definition) is 3. The molecule has 0 heterocycles. The summed E-state index contributed by atoms with van der Waals surface area (Å²) >= 11 is 17.8. The first-order chi connectivity index (χ1) is 13.2. The molecule has 0 saturated heterocycles. The molecule has 2 aromatic carbocycles. The summed E-state index contributed by atoms with van der Waals surface area (Å²) in [7, 11) is 0. The molecule has 6 nitrogen and oxygen atoms in total. The summed E-state index contributed by atoms with van der Waals surface area (Å²) in [6.07, 6.45) is 0. The Morgan fingerprint density at radius 3 is 2.11 bits per heavy atom. The molecule has 0 saturated carbocycles. The van der Waals surface area contributed by atoms with Gasteiger partial charge in [0.15, 0.2) is 0 Å². The summed E-state index contributed by atoms with van der Waals surface area (Å²) in [5.41, 5.74) is 4.91. The van der Waals surface area contributed by atoms with E-state index in [0.29, 0.717) is 5.02 Å². The van der Waals surface area contributed by atoms with Crippen molar-refractivity contribution in [1.82, 2.24) is 16.2 Å². The second-order valence-corrected chi connectivity index (χ2v) is 7.49. The molecule has 1 atom stereocenters. The number of benzene rings is 2. The second-order valence-electron chi connectivity index (χ2n) is 6.24. The highest BCUT2D eigenvalue weighted by Crippen LogP contribution is 2.20. The molecule has 0 fully saturated rings. The van der Waals surface area contributed by atoms with Gasteiger partial charge < -0.3 is 5.32 Å². The molecule has 0 aliphatic carbocycles. The standard InChI is InChI=1S/C19H18Cl3N3O3/c1-10(2)16(23-17(26)12-5-3-4-6-14(12)21)19(28)25-24-18(27)13-9-11(20)7-8-15(13)22/h3-10,16H,1-2H3,(H,23,26)(H,24,27)(H,25,28). The van der Waals surface area contributed by atoms with Gasteiger partial charge in [0.25, 0.3) is 17.7 Å². The summed E-state index contributed by atoms with van der Waals surface area (Å²) in [6.45, 7) is 3.51. The lowest BCUT2D eigenvalue weighted by Gasteiger charge is -2.22. The van der Waals surface area contributed by atoms with Crippen molar-refractivity contribution >= 4 is 52.5 Å². The zero-order valence-electron chi connectivity index (χ0n) is 15.1. The first-order valence-corrected chi connectivity index (χ1v) is 9.44. The Bertz CT molecular complexity index is 903. The van der Waals surface area contributed by atoms with Crippen LogP contribution in [-0.4, -0.2) is 23.8 Å². The first kappa shape index (κ1) is 22.0. The summed E-state index contributed by atoms with van der Waals surface area (Å²) in [6, 6.07) is 9.98. The molecule has 9 heteroatoms. The zero-order valence-corrected chi connectivity index (χ0v) is 17.3. The lowest BCUT2D eigenvalue weighted by molar-refractivity contribution is -0.124. The molecule has 3 N–H and O–H groups in total. The number of hydrogen-bond donors (Lipinski definition) is 3. The van der Waals surface area contributed by atoms with Crippen molar-refractivity contribution in [2.75, 3.05) is 0 Å². The maximum atomic E-state index is 12.5. The summed E-state index contributed by atoms with van der Waals surface area (Å²) in [5, 5.41) is 3.40. The molecular formula is C19H18Cl3N3O3. The van der Waals surface area contributed by atoms with Crippen LogP contribution in [0.25, 0.3) is 0 Å². The maximum absolute atomic E-state index is 12.5. The molecular weight excluding hydrogens is 425 g/mol. The van der Waals surface area contributed by atoms with E-state index in [9.17, 15) is 14.4 Å². The fourth-order valence-corrected chi connectivity index (χ4v) is 2.93. The Balaban J connectivity index is 2.05. The number of hydrazine groups is 1. The third-order valence-electron chi connectivity index (χ3n) is 3.83. The Hall–Kier alpha value is -2.28. The predicted octanol–water partition coefficient (Wildman–Crippen LogP) is 3.86. The van der Waals surface area contributed by atoms with E-state index in [2.05, 4.69) is 16.2 Å². The van der Waals surface area contributed by atoms with E-state index in [1.54, 1.807) is 38.1 Å². The average Bonchev–Trinajstić information content (AvgIpc) is 2.65. The topological polar surface area (TPSA) is 87.3 Å². The normalized spacial score (nSPS) is 11.6. The van der Waals surface area contributed by atoms with Gasteiger partial charge in [-0.05, 0) is 36.2 Å². The van der Waals surface area contributed by atoms with Crippen molar-refractivity contribution in [3.05, 3.63) is 68.7 Å². The maximum Gasteiger partial charge on any atom is 0.271 e. The number of nitrogens with one attached hydrogen (secondary N) is 3. The van der Waals surface area contributed by atoms with Gasteiger partial charge >= 0.3 is 0 Å². The van der Waals surface area contributed by atoms with Crippen molar-refractivity contribution in [2.45, 2.75) is 19.9 Å². The lowest BCUT2D eigenvalue weighted by Crippen LogP contribution is -2.54. The van der Waals surface area contributed by atoms with Crippen molar-refractivity contribution in [2.24, 2.45) is 5.92 Å². The van der Waals surface area contributed by atoms with Gasteiger partial charge in [-0.15, -0.1) is 0 Å². The van der Waals surface area contributed by atoms with Crippen LogP contribution in [-0.2, 0) is 4.79 Å². The van der Waals surface area contributed by atoms with Crippen LogP contribution < -0.4 is 16.2 Å². The Labute approximate surface area is 177 Å². The Kier molecular flexibility index (Phi) is 7.69. The van der Waals surface area contributed by atoms with Crippen LogP contribution in [0.5, 0.6) is 0 Å². The van der Waals surface area contributed by atoms with Crippen LogP contribution in [0.3, 0.4) is 0 Å². The molecule has 0 aliphatic heterocycles. The number of carbonyl (C=O) groups is 3. The minimum Gasteiger partial charge on any atom is -0.340 e. The molecule has 3 amide bonds. The third kappa shape index (κ3) is 5.61. The number of rotatable bonds is 5. The van der Waals surface area contributed by atoms with Crippen molar-refractivity contribution in [3.8, 4) is 0 Å². The molecule has 0 aromatic heterocycles. The summed E-state index contributed by atoms with van der Waals surface area (Å²) in [4.78, 5) is 37.2. The highest BCUT2D eigenvalue weighted by molar-refractivity contribution is 6.36. The molecule has 0 bridgehead atoms. The highest BCUT2D eigenvalue weighted by atomic mass is 35.5. The minimum atomic E-state index is -0.904. The van der Waals surface area contributed by atoms with Crippen LogP contribution in [0.1, 0.15) is 34.6 Å². The fraction of sp³-hybridized carbons (Fsp3) is 0.211. The van der Waals surface area contributed by atoms with Gasteiger partial charge in [-0.1, -0.05) is 60.8 Å².